The zero-order valence-electron chi connectivity index (χ0n) is 15.3. The van der Waals surface area contributed by atoms with Crippen molar-refractivity contribution in [1.29, 1.82) is 0 Å². The maximum absolute atomic E-state index is 12.4. The fourth-order valence-corrected chi connectivity index (χ4v) is 4.39. The maximum atomic E-state index is 12.4. The fourth-order valence-electron chi connectivity index (χ4n) is 3.53. The van der Waals surface area contributed by atoms with Gasteiger partial charge in [-0.2, -0.15) is 0 Å². The van der Waals surface area contributed by atoms with Crippen LogP contribution in [-0.4, -0.2) is 47.5 Å². The number of amides is 2. The van der Waals surface area contributed by atoms with Gasteiger partial charge in [-0.05, 0) is 37.1 Å². The van der Waals surface area contributed by atoms with Crippen molar-refractivity contribution in [2.75, 3.05) is 12.8 Å². The monoisotopic (exact) mass is 397 g/mol. The van der Waals surface area contributed by atoms with E-state index in [1.807, 2.05) is 18.2 Å². The Balaban J connectivity index is 1.47. The van der Waals surface area contributed by atoms with Crippen LogP contribution < -0.4 is 0 Å². The third kappa shape index (κ3) is 3.09. The van der Waals surface area contributed by atoms with Crippen LogP contribution in [0.1, 0.15) is 33.6 Å². The molecule has 0 saturated heterocycles. The first kappa shape index (κ1) is 18.4. The van der Waals surface area contributed by atoms with E-state index < -0.39 is 9.84 Å². The number of imide groups is 1. The number of nitrogens with zero attached hydrogens (tertiary/aromatic N) is 3. The average molecular weight is 397 g/mol. The molecule has 0 aliphatic carbocycles. The largest absolute Gasteiger partial charge is 0.315 e. The first-order chi connectivity index (χ1) is 13.4. The highest BCUT2D eigenvalue weighted by atomic mass is 32.2. The van der Waals surface area contributed by atoms with Gasteiger partial charge in [0.1, 0.15) is 0 Å². The molecule has 0 bridgehead atoms. The van der Waals surface area contributed by atoms with Crippen LogP contribution in [0.2, 0.25) is 0 Å². The van der Waals surface area contributed by atoms with Gasteiger partial charge < -0.3 is 4.57 Å². The molecule has 1 aliphatic rings. The lowest BCUT2D eigenvalue weighted by Crippen LogP contribution is -2.30. The normalized spacial score (nSPS) is 14.1. The summed E-state index contributed by atoms with van der Waals surface area (Å²) in [6.45, 7) is 0.735. The number of fused-ring (bicyclic) bond motifs is 2. The van der Waals surface area contributed by atoms with Crippen LogP contribution in [0.3, 0.4) is 0 Å². The van der Waals surface area contributed by atoms with Gasteiger partial charge >= 0.3 is 0 Å². The first-order valence-electron chi connectivity index (χ1n) is 8.98. The molecule has 7 nitrogen and oxygen atoms in total. The molecular formula is C20H19N3O4S. The maximum Gasteiger partial charge on any atom is 0.261 e. The molecular weight excluding hydrogens is 378 g/mol. The Hall–Kier alpha value is -3.00. The van der Waals surface area contributed by atoms with Crippen molar-refractivity contribution >= 4 is 32.7 Å². The van der Waals surface area contributed by atoms with Crippen LogP contribution in [0, 0.1) is 0 Å². The molecule has 0 spiro atoms. The quantitative estimate of drug-likeness (QED) is 0.471. The number of para-hydroxylation sites is 2. The molecule has 4 rings (SSSR count). The van der Waals surface area contributed by atoms with Crippen molar-refractivity contribution in [2.45, 2.75) is 24.5 Å². The van der Waals surface area contributed by atoms with Gasteiger partial charge in [-0.3, -0.25) is 14.5 Å². The number of aryl methyl sites for hydroxylation is 1. The van der Waals surface area contributed by atoms with E-state index in [0.29, 0.717) is 42.6 Å². The highest BCUT2D eigenvalue weighted by Crippen LogP contribution is 2.23. The van der Waals surface area contributed by atoms with Crippen molar-refractivity contribution in [3.05, 3.63) is 59.7 Å². The van der Waals surface area contributed by atoms with E-state index >= 15 is 0 Å². The third-order valence-electron chi connectivity index (χ3n) is 4.84. The van der Waals surface area contributed by atoms with E-state index in [2.05, 4.69) is 4.98 Å². The zero-order chi connectivity index (χ0) is 19.9. The molecule has 0 N–H and O–H groups in total. The summed E-state index contributed by atoms with van der Waals surface area (Å²) in [4.78, 5) is 30.3. The van der Waals surface area contributed by atoms with Crippen molar-refractivity contribution in [1.82, 2.24) is 14.5 Å². The topological polar surface area (TPSA) is 89.3 Å². The lowest BCUT2D eigenvalue weighted by Gasteiger charge is -2.14. The summed E-state index contributed by atoms with van der Waals surface area (Å²) in [5, 5.41) is 0.0365. The standard InChI is InChI=1S/C20H19N3O4S/c1-28(26,27)20-21-16-10-4-5-11-17(16)22(20)12-6-7-13-23-18(24)14-8-2-3-9-15(14)19(23)25/h2-5,8-11H,6-7,12-13H2,1H3. The number of benzene rings is 2. The van der Waals surface area contributed by atoms with Gasteiger partial charge in [-0.1, -0.05) is 24.3 Å². The molecule has 1 aliphatic heterocycles. The highest BCUT2D eigenvalue weighted by Gasteiger charge is 2.34. The molecule has 144 valence electrons. The van der Waals surface area contributed by atoms with Crippen LogP contribution >= 0.6 is 0 Å². The molecule has 2 amide bonds. The number of carbonyl (C=O) groups is 2. The Bertz CT molecular complexity index is 1160. The van der Waals surface area contributed by atoms with Gasteiger partial charge in [-0.15, -0.1) is 0 Å². The van der Waals surface area contributed by atoms with E-state index in [1.54, 1.807) is 34.9 Å². The minimum atomic E-state index is -3.47. The third-order valence-corrected chi connectivity index (χ3v) is 5.82. The van der Waals surface area contributed by atoms with Crippen LogP contribution in [0.25, 0.3) is 11.0 Å². The van der Waals surface area contributed by atoms with Crippen molar-refractivity contribution < 1.29 is 18.0 Å². The number of hydrogen-bond donors (Lipinski definition) is 0. The van der Waals surface area contributed by atoms with Crippen LogP contribution in [0.15, 0.2) is 53.7 Å². The number of hydrogen-bond acceptors (Lipinski definition) is 5. The average Bonchev–Trinajstić information content (AvgIpc) is 3.16. The Morgan fingerprint density at radius 2 is 1.43 bits per heavy atom. The minimum Gasteiger partial charge on any atom is -0.315 e. The summed E-state index contributed by atoms with van der Waals surface area (Å²) in [6.07, 6.45) is 2.32. The molecule has 3 aromatic rings. The zero-order valence-corrected chi connectivity index (χ0v) is 16.1. The fraction of sp³-hybridized carbons (Fsp3) is 0.250. The minimum absolute atomic E-state index is 0.0365. The summed E-state index contributed by atoms with van der Waals surface area (Å²) >= 11 is 0. The van der Waals surface area contributed by atoms with Crippen LogP contribution in [-0.2, 0) is 16.4 Å². The number of aromatic nitrogens is 2. The van der Waals surface area contributed by atoms with Gasteiger partial charge in [-0.25, -0.2) is 13.4 Å². The second-order valence-corrected chi connectivity index (χ2v) is 8.73. The smallest absolute Gasteiger partial charge is 0.261 e. The molecule has 0 unspecified atom stereocenters. The molecule has 1 aromatic heterocycles. The Kier molecular flexibility index (Phi) is 4.50. The van der Waals surface area contributed by atoms with Crippen molar-refractivity contribution in [3.63, 3.8) is 0 Å². The first-order valence-corrected chi connectivity index (χ1v) is 10.9. The summed E-state index contributed by atoms with van der Waals surface area (Å²) in [7, 11) is -3.47. The highest BCUT2D eigenvalue weighted by molar-refractivity contribution is 7.90. The van der Waals surface area contributed by atoms with E-state index in [0.717, 1.165) is 11.8 Å². The molecule has 2 aromatic carbocycles. The molecule has 28 heavy (non-hydrogen) atoms. The van der Waals surface area contributed by atoms with Gasteiger partial charge in [0.25, 0.3) is 11.8 Å². The van der Waals surface area contributed by atoms with Crippen LogP contribution in [0.4, 0.5) is 0 Å². The van der Waals surface area contributed by atoms with Gasteiger partial charge in [0.05, 0.1) is 22.2 Å². The predicted octanol–water partition coefficient (Wildman–Crippen LogP) is 2.52. The van der Waals surface area contributed by atoms with Gasteiger partial charge in [0.15, 0.2) is 0 Å². The Morgan fingerprint density at radius 3 is 2.07 bits per heavy atom. The lowest BCUT2D eigenvalue weighted by molar-refractivity contribution is 0.0651. The molecule has 0 radical (unpaired) electrons. The number of imidazole rings is 1. The van der Waals surface area contributed by atoms with E-state index in [4.69, 9.17) is 0 Å². The Morgan fingerprint density at radius 1 is 0.857 bits per heavy atom. The van der Waals surface area contributed by atoms with Crippen molar-refractivity contribution in [2.24, 2.45) is 0 Å². The molecule has 0 atom stereocenters. The Labute approximate surface area is 162 Å². The number of carbonyl (C=O) groups excluding carboxylic acids is 2. The second kappa shape index (κ2) is 6.87. The van der Waals surface area contributed by atoms with E-state index in [-0.39, 0.29) is 17.0 Å². The van der Waals surface area contributed by atoms with E-state index in [1.165, 1.54) is 4.90 Å². The summed E-state index contributed by atoms with van der Waals surface area (Å²) < 4.78 is 25.9. The molecule has 8 heteroatoms. The SMILES string of the molecule is CS(=O)(=O)c1nc2ccccc2n1CCCCN1C(=O)c2ccccc2C1=O. The van der Waals surface area contributed by atoms with Gasteiger partial charge in [0.2, 0.25) is 15.0 Å². The van der Waals surface area contributed by atoms with E-state index in [9.17, 15) is 18.0 Å². The number of sulfone groups is 1. The van der Waals surface area contributed by atoms with Crippen LogP contribution in [0.5, 0.6) is 0 Å². The lowest BCUT2D eigenvalue weighted by atomic mass is 10.1. The van der Waals surface area contributed by atoms with Crippen molar-refractivity contribution in [3.8, 4) is 0 Å². The molecule has 0 saturated carbocycles. The predicted molar refractivity (Wildman–Crippen MR) is 104 cm³/mol. The summed E-state index contributed by atoms with van der Waals surface area (Å²) in [5.41, 5.74) is 2.26. The second-order valence-electron chi connectivity index (χ2n) is 6.82. The number of unbranched alkanes of at least 4 members (excludes halogenated alkanes) is 1. The number of rotatable bonds is 6. The molecule has 2 heterocycles. The summed E-state index contributed by atoms with van der Waals surface area (Å²) in [6, 6.07) is 14.1. The molecule has 0 fully saturated rings. The summed E-state index contributed by atoms with van der Waals surface area (Å²) in [5.74, 6) is -0.545. The van der Waals surface area contributed by atoms with Gasteiger partial charge in [0, 0.05) is 19.3 Å².